The van der Waals surface area contributed by atoms with Crippen LogP contribution < -0.4 is 10.2 Å². The van der Waals surface area contributed by atoms with Crippen LogP contribution in [0.4, 0.5) is 21.0 Å². The summed E-state index contributed by atoms with van der Waals surface area (Å²) < 4.78 is 5.42. The molecule has 0 radical (unpaired) electrons. The summed E-state index contributed by atoms with van der Waals surface area (Å²) in [7, 11) is 0. The summed E-state index contributed by atoms with van der Waals surface area (Å²) in [5.41, 5.74) is 1.44. The molecular formula is C22H34N4O3. The minimum absolute atomic E-state index is 0.115. The summed E-state index contributed by atoms with van der Waals surface area (Å²) in [6.45, 7) is 9.59. The van der Waals surface area contributed by atoms with E-state index in [-0.39, 0.29) is 12.1 Å². The fraction of sp³-hybridized carbons (Fsp3) is 0.636. The van der Waals surface area contributed by atoms with Crippen LogP contribution in [-0.4, -0.2) is 66.8 Å². The number of hydrogen-bond acceptors (Lipinski definition) is 4. The van der Waals surface area contributed by atoms with Gasteiger partial charge in [-0.25, -0.2) is 9.59 Å². The molecule has 0 aliphatic carbocycles. The molecule has 0 aromatic heterocycles. The number of carbonyl (C=O) groups is 2. The fourth-order valence-corrected chi connectivity index (χ4v) is 3.78. The maximum Gasteiger partial charge on any atom is 0.410 e. The Kier molecular flexibility index (Phi) is 6.87. The minimum Gasteiger partial charge on any atom is -0.444 e. The highest BCUT2D eigenvalue weighted by Crippen LogP contribution is 2.28. The van der Waals surface area contributed by atoms with Gasteiger partial charge >= 0.3 is 12.1 Å². The van der Waals surface area contributed by atoms with Gasteiger partial charge in [0.25, 0.3) is 0 Å². The first-order valence-electron chi connectivity index (χ1n) is 10.7. The number of anilines is 2. The number of piperazine rings is 1. The van der Waals surface area contributed by atoms with E-state index in [1.807, 2.05) is 39.0 Å². The lowest BCUT2D eigenvalue weighted by Crippen LogP contribution is -2.52. The van der Waals surface area contributed by atoms with Crippen LogP contribution in [0.25, 0.3) is 0 Å². The number of hydrogen-bond donors (Lipinski definition) is 1. The quantitative estimate of drug-likeness (QED) is 0.807. The molecular weight excluding hydrogens is 368 g/mol. The summed E-state index contributed by atoms with van der Waals surface area (Å²) in [4.78, 5) is 30.9. The van der Waals surface area contributed by atoms with Crippen molar-refractivity contribution in [1.29, 1.82) is 0 Å². The molecule has 29 heavy (non-hydrogen) atoms. The second kappa shape index (κ2) is 9.37. The predicted molar refractivity (Wildman–Crippen MR) is 116 cm³/mol. The van der Waals surface area contributed by atoms with Gasteiger partial charge in [-0.05, 0) is 45.7 Å². The Morgan fingerprint density at radius 1 is 0.862 bits per heavy atom. The van der Waals surface area contributed by atoms with Crippen LogP contribution >= 0.6 is 0 Å². The monoisotopic (exact) mass is 402 g/mol. The number of amides is 3. The zero-order valence-corrected chi connectivity index (χ0v) is 17.9. The molecule has 0 spiro atoms. The van der Waals surface area contributed by atoms with Gasteiger partial charge in [0, 0.05) is 39.3 Å². The van der Waals surface area contributed by atoms with E-state index in [0.29, 0.717) is 26.2 Å². The van der Waals surface area contributed by atoms with Gasteiger partial charge in [0.05, 0.1) is 11.4 Å². The Balaban J connectivity index is 1.57. The molecule has 1 aromatic carbocycles. The first-order chi connectivity index (χ1) is 13.8. The molecule has 2 fully saturated rings. The third-order valence-corrected chi connectivity index (χ3v) is 5.31. The largest absolute Gasteiger partial charge is 0.444 e. The van der Waals surface area contributed by atoms with E-state index in [1.165, 1.54) is 25.7 Å². The van der Waals surface area contributed by atoms with Crippen molar-refractivity contribution in [2.75, 3.05) is 49.5 Å². The highest BCUT2D eigenvalue weighted by Gasteiger charge is 2.28. The average Bonchev–Trinajstić information content (AvgIpc) is 2.96. The van der Waals surface area contributed by atoms with Crippen molar-refractivity contribution in [1.82, 2.24) is 9.80 Å². The second-order valence-corrected chi connectivity index (χ2v) is 8.80. The van der Waals surface area contributed by atoms with E-state index >= 15 is 0 Å². The maximum absolute atomic E-state index is 12.8. The molecule has 0 saturated carbocycles. The van der Waals surface area contributed by atoms with E-state index in [9.17, 15) is 9.59 Å². The van der Waals surface area contributed by atoms with Crippen LogP contribution in [0.2, 0.25) is 0 Å². The van der Waals surface area contributed by atoms with Gasteiger partial charge in [-0.2, -0.15) is 0 Å². The molecule has 7 nitrogen and oxygen atoms in total. The predicted octanol–water partition coefficient (Wildman–Crippen LogP) is 4.15. The Labute approximate surface area is 174 Å². The highest BCUT2D eigenvalue weighted by molar-refractivity contribution is 5.93. The van der Waals surface area contributed by atoms with E-state index < -0.39 is 5.60 Å². The molecule has 7 heteroatoms. The zero-order valence-electron chi connectivity index (χ0n) is 17.9. The molecule has 1 N–H and O–H groups in total. The van der Waals surface area contributed by atoms with Crippen LogP contribution in [0.5, 0.6) is 0 Å². The van der Waals surface area contributed by atoms with Crippen molar-refractivity contribution in [2.45, 2.75) is 52.1 Å². The second-order valence-electron chi connectivity index (χ2n) is 8.80. The number of benzene rings is 1. The van der Waals surface area contributed by atoms with Gasteiger partial charge in [-0.3, -0.25) is 0 Å². The lowest BCUT2D eigenvalue weighted by Gasteiger charge is -2.35. The van der Waals surface area contributed by atoms with Gasteiger partial charge in [0.2, 0.25) is 0 Å². The topological polar surface area (TPSA) is 65.1 Å². The number of para-hydroxylation sites is 2. The third-order valence-electron chi connectivity index (χ3n) is 5.31. The summed E-state index contributed by atoms with van der Waals surface area (Å²) in [5, 5.41) is 3.09. The highest BCUT2D eigenvalue weighted by atomic mass is 16.6. The average molecular weight is 403 g/mol. The van der Waals surface area contributed by atoms with Gasteiger partial charge in [-0.15, -0.1) is 0 Å². The normalized spacial score (nSPS) is 18.2. The summed E-state index contributed by atoms with van der Waals surface area (Å²) in [5.74, 6) is 0. The van der Waals surface area contributed by atoms with E-state index in [4.69, 9.17) is 4.74 Å². The first kappa shape index (κ1) is 21.3. The minimum atomic E-state index is -0.511. The van der Waals surface area contributed by atoms with Crippen molar-refractivity contribution in [3.8, 4) is 0 Å². The van der Waals surface area contributed by atoms with E-state index in [0.717, 1.165) is 24.5 Å². The molecule has 3 rings (SSSR count). The van der Waals surface area contributed by atoms with Gasteiger partial charge < -0.3 is 24.8 Å². The van der Waals surface area contributed by atoms with Crippen molar-refractivity contribution in [3.63, 3.8) is 0 Å². The van der Waals surface area contributed by atoms with Gasteiger partial charge in [0.1, 0.15) is 5.60 Å². The lowest BCUT2D eigenvalue weighted by molar-refractivity contribution is 0.0174. The summed E-state index contributed by atoms with van der Waals surface area (Å²) >= 11 is 0. The van der Waals surface area contributed by atoms with Crippen LogP contribution in [-0.2, 0) is 4.74 Å². The van der Waals surface area contributed by atoms with Crippen LogP contribution in [0.3, 0.4) is 0 Å². The fourth-order valence-electron chi connectivity index (χ4n) is 3.78. The summed E-state index contributed by atoms with van der Waals surface area (Å²) in [6.07, 6.45) is 4.60. The maximum atomic E-state index is 12.8. The van der Waals surface area contributed by atoms with Crippen LogP contribution in [0.1, 0.15) is 46.5 Å². The van der Waals surface area contributed by atoms with Gasteiger partial charge in [-0.1, -0.05) is 25.0 Å². The molecule has 1 aromatic rings. The SMILES string of the molecule is CC(C)(C)OC(=O)N1CCN(C(=O)Nc2ccccc2N2CCCCCC2)CC1. The zero-order chi connectivity index (χ0) is 20.9. The van der Waals surface area contributed by atoms with Crippen LogP contribution in [0.15, 0.2) is 24.3 Å². The smallest absolute Gasteiger partial charge is 0.410 e. The van der Waals surface area contributed by atoms with Gasteiger partial charge in [0.15, 0.2) is 0 Å². The standard InChI is InChI=1S/C22H34N4O3/c1-22(2,3)29-21(28)26-16-14-25(15-17-26)20(27)23-18-10-6-7-11-19(18)24-12-8-4-5-9-13-24/h6-7,10-11H,4-5,8-9,12-17H2,1-3H3,(H,23,27). The number of nitrogens with one attached hydrogen (secondary N) is 1. The molecule has 2 aliphatic heterocycles. The Morgan fingerprint density at radius 3 is 2.07 bits per heavy atom. The molecule has 3 amide bonds. The Hall–Kier alpha value is -2.44. The molecule has 0 atom stereocenters. The molecule has 2 aliphatic rings. The van der Waals surface area contributed by atoms with E-state index in [1.54, 1.807) is 9.80 Å². The molecule has 0 unspecified atom stereocenters. The van der Waals surface area contributed by atoms with E-state index in [2.05, 4.69) is 16.3 Å². The Morgan fingerprint density at radius 2 is 1.45 bits per heavy atom. The molecule has 0 bridgehead atoms. The summed E-state index contributed by atoms with van der Waals surface area (Å²) in [6, 6.07) is 7.92. The van der Waals surface area contributed by atoms with Crippen LogP contribution in [0, 0.1) is 0 Å². The number of nitrogens with zero attached hydrogens (tertiary/aromatic N) is 3. The third kappa shape index (κ3) is 6.02. The van der Waals surface area contributed by atoms with Crippen molar-refractivity contribution in [2.24, 2.45) is 0 Å². The number of carbonyl (C=O) groups excluding carboxylic acids is 2. The number of ether oxygens (including phenoxy) is 1. The van der Waals surface area contributed by atoms with Crippen molar-refractivity contribution >= 4 is 23.5 Å². The molecule has 2 saturated heterocycles. The molecule has 2 heterocycles. The molecule has 160 valence electrons. The number of rotatable bonds is 2. The lowest BCUT2D eigenvalue weighted by atomic mass is 10.2. The van der Waals surface area contributed by atoms with Crippen molar-refractivity contribution in [3.05, 3.63) is 24.3 Å². The number of urea groups is 1. The van der Waals surface area contributed by atoms with Crippen molar-refractivity contribution < 1.29 is 14.3 Å². The first-order valence-corrected chi connectivity index (χ1v) is 10.7. The Bertz CT molecular complexity index is 700.